The first-order valence-electron chi connectivity index (χ1n) is 8.60. The molecule has 2 aliphatic heterocycles. The summed E-state index contributed by atoms with van der Waals surface area (Å²) in [5, 5.41) is 7.20. The van der Waals surface area contributed by atoms with Crippen molar-refractivity contribution in [3.63, 3.8) is 0 Å². The van der Waals surface area contributed by atoms with Crippen molar-refractivity contribution in [3.8, 4) is 0 Å². The van der Waals surface area contributed by atoms with Gasteiger partial charge < -0.3 is 10.2 Å². The predicted octanol–water partition coefficient (Wildman–Crippen LogP) is 0.0741. The van der Waals surface area contributed by atoms with Crippen LogP contribution in [0.15, 0.2) is 18.6 Å². The van der Waals surface area contributed by atoms with Crippen molar-refractivity contribution in [1.29, 1.82) is 0 Å². The standard InChI is InChI=1S/C17H22N6O2/c1-12-9-19-14-13(10-20-23(14)11-12)15(24)22-6-3-17(4-7-22)16(25)18-5-8-21(17)2/h9-11H,3-8H2,1-2H3,(H,18,25). The van der Waals surface area contributed by atoms with Crippen molar-refractivity contribution in [3.05, 3.63) is 29.7 Å². The van der Waals surface area contributed by atoms with Crippen molar-refractivity contribution >= 4 is 17.5 Å². The minimum absolute atomic E-state index is 0.0694. The third kappa shape index (κ3) is 2.48. The fourth-order valence-corrected chi connectivity index (χ4v) is 3.87. The van der Waals surface area contributed by atoms with E-state index < -0.39 is 5.54 Å². The summed E-state index contributed by atoms with van der Waals surface area (Å²) in [6.45, 7) is 4.58. The lowest BCUT2D eigenvalue weighted by Gasteiger charge is -2.48. The minimum atomic E-state index is -0.481. The lowest BCUT2D eigenvalue weighted by Crippen LogP contribution is -2.67. The van der Waals surface area contributed by atoms with E-state index in [0.717, 1.165) is 12.1 Å². The lowest BCUT2D eigenvalue weighted by atomic mass is 9.83. The molecule has 4 heterocycles. The number of rotatable bonds is 1. The fourth-order valence-electron chi connectivity index (χ4n) is 3.87. The first-order valence-corrected chi connectivity index (χ1v) is 8.60. The molecule has 2 amide bonds. The number of nitrogens with one attached hydrogen (secondary N) is 1. The molecule has 1 N–H and O–H groups in total. The third-order valence-electron chi connectivity index (χ3n) is 5.48. The summed E-state index contributed by atoms with van der Waals surface area (Å²) < 4.78 is 1.64. The normalized spacial score (nSPS) is 20.9. The van der Waals surface area contributed by atoms with Gasteiger partial charge in [-0.3, -0.25) is 14.5 Å². The largest absolute Gasteiger partial charge is 0.353 e. The molecule has 2 aliphatic rings. The molecule has 0 bridgehead atoms. The number of carbonyl (C=O) groups excluding carboxylic acids is 2. The number of amides is 2. The van der Waals surface area contributed by atoms with Gasteiger partial charge in [-0.25, -0.2) is 9.50 Å². The second-order valence-electron chi connectivity index (χ2n) is 6.96. The summed E-state index contributed by atoms with van der Waals surface area (Å²) in [6.07, 6.45) is 6.46. The number of hydrogen-bond donors (Lipinski definition) is 1. The molecular weight excluding hydrogens is 320 g/mol. The molecule has 0 radical (unpaired) electrons. The maximum Gasteiger partial charge on any atom is 0.259 e. The summed E-state index contributed by atoms with van der Waals surface area (Å²) in [7, 11) is 1.99. The van der Waals surface area contributed by atoms with Crippen LogP contribution in [0.25, 0.3) is 5.65 Å². The van der Waals surface area contributed by atoms with Gasteiger partial charge in [0.25, 0.3) is 5.91 Å². The van der Waals surface area contributed by atoms with Crippen LogP contribution in [0.2, 0.25) is 0 Å². The Bertz CT molecular complexity index is 837. The van der Waals surface area contributed by atoms with E-state index in [-0.39, 0.29) is 11.8 Å². The molecule has 0 saturated carbocycles. The van der Waals surface area contributed by atoms with Crippen LogP contribution in [0.3, 0.4) is 0 Å². The van der Waals surface area contributed by atoms with E-state index >= 15 is 0 Å². The first-order chi connectivity index (χ1) is 12.0. The van der Waals surface area contributed by atoms with Gasteiger partial charge in [0.2, 0.25) is 5.91 Å². The zero-order valence-electron chi connectivity index (χ0n) is 14.5. The zero-order chi connectivity index (χ0) is 17.6. The number of fused-ring (bicyclic) bond motifs is 1. The highest BCUT2D eigenvalue weighted by molar-refractivity contribution is 6.00. The molecule has 8 heteroatoms. The molecule has 2 saturated heterocycles. The van der Waals surface area contributed by atoms with Crippen LogP contribution in [0, 0.1) is 6.92 Å². The topological polar surface area (TPSA) is 82.8 Å². The Kier molecular flexibility index (Phi) is 3.72. The highest BCUT2D eigenvalue weighted by Gasteiger charge is 2.47. The molecule has 0 aliphatic carbocycles. The zero-order valence-corrected chi connectivity index (χ0v) is 14.5. The summed E-state index contributed by atoms with van der Waals surface area (Å²) in [5.41, 5.74) is 1.59. The second-order valence-corrected chi connectivity index (χ2v) is 6.96. The van der Waals surface area contributed by atoms with Gasteiger partial charge in [-0.05, 0) is 32.4 Å². The van der Waals surface area contributed by atoms with E-state index in [0.29, 0.717) is 43.7 Å². The number of hydrogen-bond acceptors (Lipinski definition) is 5. The summed E-state index contributed by atoms with van der Waals surface area (Å²) in [6, 6.07) is 0. The van der Waals surface area contributed by atoms with Crippen molar-refractivity contribution in [2.75, 3.05) is 33.2 Å². The smallest absolute Gasteiger partial charge is 0.259 e. The SMILES string of the molecule is Cc1cnc2c(C(=O)N3CCC4(CC3)C(=O)NCCN4C)cnn2c1. The number of piperidine rings is 1. The molecule has 1 spiro atoms. The Morgan fingerprint density at radius 2 is 2.00 bits per heavy atom. The average molecular weight is 342 g/mol. The van der Waals surface area contributed by atoms with Gasteiger partial charge in [0.15, 0.2) is 5.65 Å². The van der Waals surface area contributed by atoms with Crippen LogP contribution in [-0.2, 0) is 4.79 Å². The summed E-state index contributed by atoms with van der Waals surface area (Å²) >= 11 is 0. The van der Waals surface area contributed by atoms with Crippen molar-refractivity contribution in [1.82, 2.24) is 29.7 Å². The molecular formula is C17H22N6O2. The van der Waals surface area contributed by atoms with E-state index in [1.54, 1.807) is 21.8 Å². The van der Waals surface area contributed by atoms with Crippen LogP contribution < -0.4 is 5.32 Å². The molecule has 2 fully saturated rings. The van der Waals surface area contributed by atoms with Gasteiger partial charge in [0, 0.05) is 38.6 Å². The van der Waals surface area contributed by atoms with Gasteiger partial charge in [0.1, 0.15) is 11.1 Å². The van der Waals surface area contributed by atoms with Crippen molar-refractivity contribution < 1.29 is 9.59 Å². The Hall–Kier alpha value is -2.48. The Morgan fingerprint density at radius 3 is 2.72 bits per heavy atom. The quantitative estimate of drug-likeness (QED) is 0.793. The lowest BCUT2D eigenvalue weighted by molar-refractivity contribution is -0.139. The van der Waals surface area contributed by atoms with Crippen LogP contribution in [0.5, 0.6) is 0 Å². The first kappa shape index (κ1) is 16.0. The van der Waals surface area contributed by atoms with E-state index in [1.165, 1.54) is 0 Å². The van der Waals surface area contributed by atoms with Gasteiger partial charge in [-0.2, -0.15) is 5.10 Å². The molecule has 0 atom stereocenters. The third-order valence-corrected chi connectivity index (χ3v) is 5.48. The second kappa shape index (κ2) is 5.80. The maximum absolute atomic E-state index is 12.9. The molecule has 4 rings (SSSR count). The number of piperazine rings is 1. The van der Waals surface area contributed by atoms with E-state index in [4.69, 9.17) is 0 Å². The number of likely N-dealkylation sites (N-methyl/N-ethyl adjacent to an activating group) is 1. The monoisotopic (exact) mass is 342 g/mol. The fraction of sp³-hybridized carbons (Fsp3) is 0.529. The molecule has 8 nitrogen and oxygen atoms in total. The molecule has 0 aromatic carbocycles. The maximum atomic E-state index is 12.9. The predicted molar refractivity (Wildman–Crippen MR) is 91.2 cm³/mol. The van der Waals surface area contributed by atoms with Gasteiger partial charge in [0.05, 0.1) is 6.20 Å². The average Bonchev–Trinajstić information content (AvgIpc) is 3.02. The van der Waals surface area contributed by atoms with Crippen LogP contribution in [-0.4, -0.2) is 75.0 Å². The highest BCUT2D eigenvalue weighted by Crippen LogP contribution is 2.30. The van der Waals surface area contributed by atoms with Crippen molar-refractivity contribution in [2.24, 2.45) is 0 Å². The van der Waals surface area contributed by atoms with E-state index in [2.05, 4.69) is 20.3 Å². The molecule has 0 unspecified atom stereocenters. The summed E-state index contributed by atoms with van der Waals surface area (Å²) in [4.78, 5) is 33.6. The molecule has 132 valence electrons. The summed E-state index contributed by atoms with van der Waals surface area (Å²) in [5.74, 6) is 0.0153. The van der Waals surface area contributed by atoms with E-state index in [9.17, 15) is 9.59 Å². The number of nitrogens with zero attached hydrogens (tertiary/aromatic N) is 5. The number of likely N-dealkylation sites (tertiary alicyclic amines) is 1. The number of carbonyl (C=O) groups is 2. The van der Waals surface area contributed by atoms with Gasteiger partial charge >= 0.3 is 0 Å². The number of aryl methyl sites for hydroxylation is 1. The van der Waals surface area contributed by atoms with Crippen LogP contribution >= 0.6 is 0 Å². The van der Waals surface area contributed by atoms with Crippen molar-refractivity contribution in [2.45, 2.75) is 25.3 Å². The Labute approximate surface area is 145 Å². The molecule has 25 heavy (non-hydrogen) atoms. The number of aromatic nitrogens is 3. The van der Waals surface area contributed by atoms with E-state index in [1.807, 2.05) is 20.2 Å². The Balaban J connectivity index is 1.54. The minimum Gasteiger partial charge on any atom is -0.353 e. The van der Waals surface area contributed by atoms with Gasteiger partial charge in [-0.15, -0.1) is 0 Å². The Morgan fingerprint density at radius 1 is 1.24 bits per heavy atom. The van der Waals surface area contributed by atoms with Crippen LogP contribution in [0.4, 0.5) is 0 Å². The van der Waals surface area contributed by atoms with Crippen LogP contribution in [0.1, 0.15) is 28.8 Å². The molecule has 2 aromatic rings. The highest BCUT2D eigenvalue weighted by atomic mass is 16.2. The van der Waals surface area contributed by atoms with Gasteiger partial charge in [-0.1, -0.05) is 0 Å². The molecule has 2 aromatic heterocycles.